The lowest BCUT2D eigenvalue weighted by Gasteiger charge is -1.74. The molecule has 0 atom stereocenters. The van der Waals surface area contributed by atoms with Gasteiger partial charge in [0.25, 0.3) is 0 Å². The summed E-state index contributed by atoms with van der Waals surface area (Å²) in [5, 5.41) is 5.86. The van der Waals surface area contributed by atoms with Gasteiger partial charge in [0.15, 0.2) is 0 Å². The van der Waals surface area contributed by atoms with Crippen LogP contribution in [0.1, 0.15) is 34.6 Å². The van der Waals surface area contributed by atoms with Gasteiger partial charge in [0.1, 0.15) is 0 Å². The summed E-state index contributed by atoms with van der Waals surface area (Å²) in [5.74, 6) is 0. The van der Waals surface area contributed by atoms with Crippen molar-refractivity contribution in [1.29, 1.82) is 5.41 Å². The van der Waals surface area contributed by atoms with Crippen LogP contribution < -0.4 is 5.73 Å². The van der Waals surface area contributed by atoms with E-state index in [0.29, 0.717) is 0 Å². The lowest BCUT2D eigenvalue weighted by atomic mass is 10.3. The van der Waals surface area contributed by atoms with E-state index in [1.165, 1.54) is 5.57 Å². The minimum absolute atomic E-state index is 0.750. The van der Waals surface area contributed by atoms with E-state index in [0.717, 1.165) is 6.34 Å². The molecule has 0 aliphatic heterocycles. The van der Waals surface area contributed by atoms with Crippen LogP contribution in [0.25, 0.3) is 0 Å². The van der Waals surface area contributed by atoms with Crippen LogP contribution in [0.15, 0.2) is 11.6 Å². The number of nitrogens with two attached hydrogens (primary N) is 1. The molecule has 0 amide bonds. The monoisotopic (exact) mass is 144 g/mol. The Kier molecular flexibility index (Phi) is 38.8. The molecule has 62 valence electrons. The summed E-state index contributed by atoms with van der Waals surface area (Å²) in [6.45, 7) is 10.2. The number of allylic oxidation sites excluding steroid dienone is 2. The van der Waals surface area contributed by atoms with E-state index in [9.17, 15) is 0 Å². The molecule has 0 heterocycles. The second-order valence-corrected chi connectivity index (χ2v) is 1.53. The van der Waals surface area contributed by atoms with E-state index < -0.39 is 0 Å². The van der Waals surface area contributed by atoms with E-state index in [4.69, 9.17) is 5.41 Å². The quantitative estimate of drug-likeness (QED) is 0.306. The fourth-order valence-corrected chi connectivity index (χ4v) is 0. The van der Waals surface area contributed by atoms with E-state index in [2.05, 4.69) is 25.7 Å². The van der Waals surface area contributed by atoms with Crippen LogP contribution >= 0.6 is 0 Å². The second kappa shape index (κ2) is 24.1. The van der Waals surface area contributed by atoms with Gasteiger partial charge in [-0.2, -0.15) is 0 Å². The molecule has 0 fully saturated rings. The highest BCUT2D eigenvalue weighted by Gasteiger charge is 1.60. The standard InChI is InChI=1S/C5H10.C2H6.CH4N2/c1-4-5(2)3;1-2;2-1-3/h4H,1-3H3;1-2H3;1H,(H3,2,3). The predicted molar refractivity (Wildman–Crippen MR) is 49.4 cm³/mol. The molecule has 0 aromatic rings. The van der Waals surface area contributed by atoms with Crippen molar-refractivity contribution < 1.29 is 0 Å². The van der Waals surface area contributed by atoms with Crippen molar-refractivity contribution in [2.75, 3.05) is 0 Å². The molecule has 0 aromatic carbocycles. The molecule has 0 aliphatic rings. The highest BCUT2D eigenvalue weighted by molar-refractivity contribution is 5.46. The third-order valence-electron chi connectivity index (χ3n) is 0.577. The molecule has 0 aliphatic carbocycles. The number of nitrogens with one attached hydrogen (secondary N) is 1. The second-order valence-electron chi connectivity index (χ2n) is 1.53. The molecule has 2 heteroatoms. The summed E-state index contributed by atoms with van der Waals surface area (Å²) in [4.78, 5) is 0. The summed E-state index contributed by atoms with van der Waals surface area (Å²) in [6, 6.07) is 0. The summed E-state index contributed by atoms with van der Waals surface area (Å²) in [6.07, 6.45) is 2.83. The zero-order valence-corrected chi connectivity index (χ0v) is 7.73. The summed E-state index contributed by atoms with van der Waals surface area (Å²) in [7, 11) is 0. The molecule has 0 spiro atoms. The van der Waals surface area contributed by atoms with Gasteiger partial charge in [-0.25, -0.2) is 0 Å². The van der Waals surface area contributed by atoms with Crippen molar-refractivity contribution >= 4 is 6.34 Å². The molecule has 0 bridgehead atoms. The minimum atomic E-state index is 0.750. The van der Waals surface area contributed by atoms with Gasteiger partial charge in [0.05, 0.1) is 6.34 Å². The highest BCUT2D eigenvalue weighted by Crippen LogP contribution is 1.82. The summed E-state index contributed by atoms with van der Waals surface area (Å²) in [5.41, 5.74) is 5.77. The SMILES string of the molecule is CC.CC=C(C)C.N=CN. The van der Waals surface area contributed by atoms with Crippen LogP contribution in [0.2, 0.25) is 0 Å². The van der Waals surface area contributed by atoms with Gasteiger partial charge in [0, 0.05) is 0 Å². The first-order chi connectivity index (χ1) is 4.68. The average Bonchev–Trinajstić information content (AvgIpc) is 1.94. The van der Waals surface area contributed by atoms with Crippen molar-refractivity contribution in [3.05, 3.63) is 11.6 Å². The first-order valence-corrected chi connectivity index (χ1v) is 3.49. The van der Waals surface area contributed by atoms with Gasteiger partial charge in [0.2, 0.25) is 0 Å². The number of hydrogen-bond donors (Lipinski definition) is 2. The van der Waals surface area contributed by atoms with Gasteiger partial charge in [-0.3, -0.25) is 5.41 Å². The Morgan fingerprint density at radius 1 is 1.30 bits per heavy atom. The minimum Gasteiger partial charge on any atom is -0.390 e. The molecule has 0 saturated heterocycles. The van der Waals surface area contributed by atoms with E-state index >= 15 is 0 Å². The van der Waals surface area contributed by atoms with Crippen molar-refractivity contribution in [1.82, 2.24) is 0 Å². The molecule has 2 nitrogen and oxygen atoms in total. The van der Waals surface area contributed by atoms with Crippen LogP contribution in [0, 0.1) is 5.41 Å². The van der Waals surface area contributed by atoms with E-state index in [1.807, 2.05) is 20.8 Å². The van der Waals surface area contributed by atoms with Crippen molar-refractivity contribution in [2.45, 2.75) is 34.6 Å². The fraction of sp³-hybridized carbons (Fsp3) is 0.625. The van der Waals surface area contributed by atoms with Crippen LogP contribution in [-0.4, -0.2) is 6.34 Å². The van der Waals surface area contributed by atoms with Crippen LogP contribution in [0.5, 0.6) is 0 Å². The van der Waals surface area contributed by atoms with Crippen LogP contribution in [0.3, 0.4) is 0 Å². The first kappa shape index (κ1) is 16.1. The van der Waals surface area contributed by atoms with Gasteiger partial charge in [-0.1, -0.05) is 25.5 Å². The maximum Gasteiger partial charge on any atom is 0.0765 e. The fourth-order valence-electron chi connectivity index (χ4n) is 0. The van der Waals surface area contributed by atoms with Gasteiger partial charge < -0.3 is 5.73 Å². The topological polar surface area (TPSA) is 49.9 Å². The predicted octanol–water partition coefficient (Wildman–Crippen LogP) is 2.55. The molecule has 0 rings (SSSR count). The van der Waals surface area contributed by atoms with Crippen molar-refractivity contribution in [3.8, 4) is 0 Å². The Morgan fingerprint density at radius 3 is 1.40 bits per heavy atom. The lowest BCUT2D eigenvalue weighted by molar-refractivity contribution is 1.36. The maximum atomic E-state index is 5.86. The third kappa shape index (κ3) is 190. The molecule has 10 heavy (non-hydrogen) atoms. The summed E-state index contributed by atoms with van der Waals surface area (Å²) >= 11 is 0. The Bertz CT molecular complexity index is 71.3. The number of hydrogen-bond acceptors (Lipinski definition) is 1. The zero-order valence-electron chi connectivity index (χ0n) is 7.73. The molecular formula is C8H20N2. The molecule has 0 saturated carbocycles. The molecular weight excluding hydrogens is 124 g/mol. The Balaban J connectivity index is -0.0000000847. The number of rotatable bonds is 0. The van der Waals surface area contributed by atoms with Gasteiger partial charge in [-0.15, -0.1) is 0 Å². The Labute approximate surface area is 64.6 Å². The summed E-state index contributed by atoms with van der Waals surface area (Å²) < 4.78 is 0. The zero-order chi connectivity index (χ0) is 8.99. The molecule has 0 aromatic heterocycles. The highest BCUT2D eigenvalue weighted by atomic mass is 14.6. The smallest absolute Gasteiger partial charge is 0.0765 e. The normalized spacial score (nSPS) is 5.30. The maximum absolute atomic E-state index is 5.86. The van der Waals surface area contributed by atoms with E-state index in [-0.39, 0.29) is 0 Å². The Morgan fingerprint density at radius 2 is 1.40 bits per heavy atom. The van der Waals surface area contributed by atoms with Crippen LogP contribution in [0.4, 0.5) is 0 Å². The molecule has 3 N–H and O–H groups in total. The molecule has 0 radical (unpaired) electrons. The lowest BCUT2D eigenvalue weighted by Crippen LogP contribution is -1.81. The molecule has 0 unspecified atom stereocenters. The van der Waals surface area contributed by atoms with Crippen LogP contribution in [-0.2, 0) is 0 Å². The van der Waals surface area contributed by atoms with Gasteiger partial charge in [-0.05, 0) is 20.8 Å². The third-order valence-corrected chi connectivity index (χ3v) is 0.577. The first-order valence-electron chi connectivity index (χ1n) is 3.49. The Hall–Kier alpha value is -0.790. The largest absolute Gasteiger partial charge is 0.390 e. The van der Waals surface area contributed by atoms with Crippen molar-refractivity contribution in [3.63, 3.8) is 0 Å². The van der Waals surface area contributed by atoms with E-state index in [1.54, 1.807) is 0 Å². The van der Waals surface area contributed by atoms with Gasteiger partial charge >= 0.3 is 0 Å². The average molecular weight is 144 g/mol. The van der Waals surface area contributed by atoms with Crippen molar-refractivity contribution in [2.24, 2.45) is 5.73 Å².